The van der Waals surface area contributed by atoms with Crippen LogP contribution in [0.5, 0.6) is 11.5 Å². The van der Waals surface area contributed by atoms with Gasteiger partial charge in [-0.3, -0.25) is 4.98 Å². The first-order valence-electron chi connectivity index (χ1n) is 8.06. The van der Waals surface area contributed by atoms with Crippen LogP contribution in [0.2, 0.25) is 0 Å². The van der Waals surface area contributed by atoms with Gasteiger partial charge in [-0.25, -0.2) is 4.39 Å². The molecule has 0 saturated heterocycles. The molecule has 0 bridgehead atoms. The number of benzene rings is 2. The Morgan fingerprint density at radius 1 is 0.893 bits per heavy atom. The van der Waals surface area contributed by atoms with Crippen LogP contribution < -0.4 is 9.47 Å². The van der Waals surface area contributed by atoms with Gasteiger partial charge in [0, 0.05) is 18.0 Å². The summed E-state index contributed by atoms with van der Waals surface area (Å²) in [7, 11) is 0. The Labute approximate surface area is 155 Å². The second-order valence-electron chi connectivity index (χ2n) is 5.80. The maximum Gasteiger partial charge on any atom is 0.499 e. The monoisotopic (exact) mass is 401 g/mol. The normalized spacial score (nSPS) is 12.2. The minimum absolute atomic E-state index is 0.173. The first-order chi connectivity index (χ1) is 13.2. The van der Waals surface area contributed by atoms with Gasteiger partial charge >= 0.3 is 12.3 Å². The second-order valence-corrected chi connectivity index (χ2v) is 5.80. The molecule has 3 aromatic rings. The fraction of sp³-hybridized carbons (Fsp3) is 0.211. The van der Waals surface area contributed by atoms with Crippen molar-refractivity contribution in [2.75, 3.05) is 6.61 Å². The number of fused-ring (bicyclic) bond motifs is 1. The highest BCUT2D eigenvalue weighted by Gasteiger charge is 2.61. The lowest BCUT2D eigenvalue weighted by Crippen LogP contribution is -2.41. The van der Waals surface area contributed by atoms with E-state index in [2.05, 4.69) is 9.72 Å². The third kappa shape index (κ3) is 4.29. The topological polar surface area (TPSA) is 31.4 Å². The molecular weight excluding hydrogens is 388 g/mol. The fourth-order valence-corrected chi connectivity index (χ4v) is 2.45. The molecule has 148 valence electrons. The van der Waals surface area contributed by atoms with Crippen molar-refractivity contribution in [3.05, 3.63) is 66.1 Å². The first kappa shape index (κ1) is 19.8. The van der Waals surface area contributed by atoms with Gasteiger partial charge in [0.2, 0.25) is 0 Å². The summed E-state index contributed by atoms with van der Waals surface area (Å²) in [4.78, 5) is 3.95. The van der Waals surface area contributed by atoms with Crippen LogP contribution in [0.3, 0.4) is 0 Å². The molecule has 3 nitrogen and oxygen atoms in total. The maximum atomic E-state index is 13.7. The lowest BCUT2D eigenvalue weighted by molar-refractivity contribution is -0.360. The number of hydrogen-bond donors (Lipinski definition) is 0. The number of halogens is 6. The molecule has 0 fully saturated rings. The van der Waals surface area contributed by atoms with Crippen molar-refractivity contribution < 1.29 is 35.8 Å². The van der Waals surface area contributed by atoms with Crippen LogP contribution in [-0.2, 0) is 6.42 Å². The molecule has 0 aliphatic heterocycles. The Morgan fingerprint density at radius 2 is 1.61 bits per heavy atom. The van der Waals surface area contributed by atoms with E-state index in [0.717, 1.165) is 12.1 Å². The Balaban J connectivity index is 1.61. The second kappa shape index (κ2) is 7.57. The van der Waals surface area contributed by atoms with Gasteiger partial charge in [-0.1, -0.05) is 18.2 Å². The van der Waals surface area contributed by atoms with Gasteiger partial charge in [-0.2, -0.15) is 22.0 Å². The molecule has 0 aliphatic rings. The summed E-state index contributed by atoms with van der Waals surface area (Å²) in [5, 5.41) is 0.501. The fourth-order valence-electron chi connectivity index (χ4n) is 2.45. The molecule has 1 heterocycles. The Kier molecular flexibility index (Phi) is 5.35. The number of nitrogens with zero attached hydrogens (tertiary/aromatic N) is 1. The zero-order valence-electron chi connectivity index (χ0n) is 14.1. The molecular formula is C19H13F6NO2. The van der Waals surface area contributed by atoms with Crippen LogP contribution >= 0.6 is 0 Å². The van der Waals surface area contributed by atoms with Gasteiger partial charge in [0.15, 0.2) is 0 Å². The molecule has 0 amide bonds. The van der Waals surface area contributed by atoms with Gasteiger partial charge in [-0.05, 0) is 35.9 Å². The third-order valence-corrected chi connectivity index (χ3v) is 3.83. The highest BCUT2D eigenvalue weighted by Crippen LogP contribution is 2.37. The Morgan fingerprint density at radius 3 is 2.29 bits per heavy atom. The Hall–Kier alpha value is -2.97. The minimum atomic E-state index is -5.80. The van der Waals surface area contributed by atoms with Gasteiger partial charge in [0.25, 0.3) is 0 Å². The molecule has 3 rings (SSSR count). The minimum Gasteiger partial charge on any atom is -0.492 e. The molecule has 1 aromatic heterocycles. The van der Waals surface area contributed by atoms with Crippen molar-refractivity contribution in [3.8, 4) is 11.5 Å². The van der Waals surface area contributed by atoms with E-state index >= 15 is 0 Å². The van der Waals surface area contributed by atoms with E-state index in [9.17, 15) is 26.3 Å². The summed E-state index contributed by atoms with van der Waals surface area (Å²) in [6.45, 7) is 0.175. The van der Waals surface area contributed by atoms with Gasteiger partial charge in [0.05, 0.1) is 6.61 Å². The molecule has 0 atom stereocenters. The quantitative estimate of drug-likeness (QED) is 0.509. The number of pyridine rings is 1. The van der Waals surface area contributed by atoms with E-state index in [4.69, 9.17) is 4.74 Å². The van der Waals surface area contributed by atoms with Crippen LogP contribution in [0.4, 0.5) is 26.3 Å². The van der Waals surface area contributed by atoms with Crippen molar-refractivity contribution in [2.24, 2.45) is 0 Å². The third-order valence-electron chi connectivity index (χ3n) is 3.83. The van der Waals surface area contributed by atoms with E-state index in [1.54, 1.807) is 12.1 Å². The first-order valence-corrected chi connectivity index (χ1v) is 8.06. The predicted octanol–water partition coefficient (Wildman–Crippen LogP) is 5.53. The molecule has 2 aromatic carbocycles. The lowest BCUT2D eigenvalue weighted by Gasteiger charge is -2.20. The SMILES string of the molecule is Fc1cccc2c(OCCc3ccc(OC(F)(F)C(F)(F)F)cc3)ccnc12. The average Bonchev–Trinajstić information content (AvgIpc) is 2.63. The van der Waals surface area contributed by atoms with Gasteiger partial charge < -0.3 is 9.47 Å². The van der Waals surface area contributed by atoms with Crippen molar-refractivity contribution >= 4 is 10.9 Å². The maximum absolute atomic E-state index is 13.7. The van der Waals surface area contributed by atoms with E-state index < -0.39 is 23.9 Å². The average molecular weight is 401 g/mol. The van der Waals surface area contributed by atoms with Crippen LogP contribution in [-0.4, -0.2) is 23.9 Å². The van der Waals surface area contributed by atoms with Crippen LogP contribution in [0.25, 0.3) is 10.9 Å². The lowest BCUT2D eigenvalue weighted by atomic mass is 10.1. The number of rotatable bonds is 6. The summed E-state index contributed by atoms with van der Waals surface area (Å²) >= 11 is 0. The molecule has 0 aliphatic carbocycles. The van der Waals surface area contributed by atoms with Crippen LogP contribution in [0.15, 0.2) is 54.7 Å². The highest BCUT2D eigenvalue weighted by molar-refractivity contribution is 5.85. The molecule has 0 radical (unpaired) electrons. The summed E-state index contributed by atoms with van der Waals surface area (Å²) in [6, 6.07) is 10.8. The summed E-state index contributed by atoms with van der Waals surface area (Å²) in [5.74, 6) is -0.661. The summed E-state index contributed by atoms with van der Waals surface area (Å²) in [6.07, 6.45) is -9.32. The Bertz CT molecular complexity index is 957. The van der Waals surface area contributed by atoms with Gasteiger partial charge in [-0.15, -0.1) is 0 Å². The number of alkyl halides is 5. The number of aromatic nitrogens is 1. The smallest absolute Gasteiger partial charge is 0.492 e. The highest BCUT2D eigenvalue weighted by atomic mass is 19.4. The summed E-state index contributed by atoms with van der Waals surface area (Å²) < 4.78 is 85.2. The van der Waals surface area contributed by atoms with Crippen molar-refractivity contribution in [2.45, 2.75) is 18.7 Å². The van der Waals surface area contributed by atoms with E-state index in [-0.39, 0.29) is 12.1 Å². The van der Waals surface area contributed by atoms with Crippen LogP contribution in [0.1, 0.15) is 5.56 Å². The molecule has 0 saturated carbocycles. The van der Waals surface area contributed by atoms with Crippen LogP contribution in [0, 0.1) is 5.82 Å². The molecule has 0 N–H and O–H groups in total. The van der Waals surface area contributed by atoms with Crippen molar-refractivity contribution in [1.29, 1.82) is 0 Å². The van der Waals surface area contributed by atoms with E-state index in [1.807, 2.05) is 0 Å². The summed E-state index contributed by atoms with van der Waals surface area (Å²) in [5.41, 5.74) is 0.805. The van der Waals surface area contributed by atoms with Gasteiger partial charge in [0.1, 0.15) is 22.8 Å². The van der Waals surface area contributed by atoms with Crippen molar-refractivity contribution in [3.63, 3.8) is 0 Å². The number of hydrogen-bond acceptors (Lipinski definition) is 3. The van der Waals surface area contributed by atoms with E-state index in [1.165, 1.54) is 30.5 Å². The largest absolute Gasteiger partial charge is 0.499 e. The molecule has 0 spiro atoms. The predicted molar refractivity (Wildman–Crippen MR) is 89.0 cm³/mol. The zero-order chi connectivity index (χ0) is 20.4. The standard InChI is InChI=1S/C19H13F6NO2/c20-15-3-1-2-14-16(8-10-26-17(14)15)27-11-9-12-4-6-13(7-5-12)28-19(24,25)18(21,22)23/h1-8,10H,9,11H2. The van der Waals surface area contributed by atoms with E-state index in [0.29, 0.717) is 23.1 Å². The number of para-hydroxylation sites is 1. The molecule has 0 unspecified atom stereocenters. The number of ether oxygens (including phenoxy) is 2. The van der Waals surface area contributed by atoms with Crippen molar-refractivity contribution in [1.82, 2.24) is 4.98 Å². The molecule has 9 heteroatoms. The zero-order valence-corrected chi connectivity index (χ0v) is 14.1. The molecule has 28 heavy (non-hydrogen) atoms.